The monoisotopic (exact) mass is 340 g/mol. The number of aromatic nitrogens is 2. The Bertz CT molecular complexity index is 793. The summed E-state index contributed by atoms with van der Waals surface area (Å²) in [5.41, 5.74) is 2.71. The van der Waals surface area contributed by atoms with Crippen LogP contribution in [0.3, 0.4) is 0 Å². The Morgan fingerprint density at radius 3 is 2.92 bits per heavy atom. The maximum Gasteiger partial charge on any atom is 0.405 e. The fourth-order valence-corrected chi connectivity index (χ4v) is 2.98. The number of hydrogen-bond acceptors (Lipinski definition) is 4. The molecule has 1 aliphatic heterocycles. The van der Waals surface area contributed by atoms with Gasteiger partial charge in [-0.3, -0.25) is 14.8 Å². The van der Waals surface area contributed by atoms with Crippen LogP contribution in [0.2, 0.25) is 0 Å². The molecule has 2 bridgehead atoms. The minimum Gasteiger partial charge on any atom is -0.465 e. The van der Waals surface area contributed by atoms with Crippen molar-refractivity contribution in [3.05, 3.63) is 42.4 Å². The molecule has 0 saturated carbocycles. The first-order valence-corrected chi connectivity index (χ1v) is 8.26. The summed E-state index contributed by atoms with van der Waals surface area (Å²) in [5.74, 6) is -0.240. The highest BCUT2D eigenvalue weighted by Crippen LogP contribution is 2.29. The average Bonchev–Trinajstić information content (AvgIpc) is 2.60. The molecule has 0 aliphatic carbocycles. The number of anilines is 1. The molecule has 0 fully saturated rings. The zero-order valence-electron chi connectivity index (χ0n) is 13.9. The van der Waals surface area contributed by atoms with E-state index in [2.05, 4.69) is 20.6 Å². The molecule has 1 aliphatic rings. The number of fused-ring (bicyclic) bond motifs is 4. The summed E-state index contributed by atoms with van der Waals surface area (Å²) in [7, 11) is 0. The maximum absolute atomic E-state index is 12.4. The second-order valence-electron chi connectivity index (χ2n) is 6.19. The quantitative estimate of drug-likeness (QED) is 0.739. The summed E-state index contributed by atoms with van der Waals surface area (Å²) in [5, 5.41) is 14.6. The molecule has 3 heterocycles. The highest BCUT2D eigenvalue weighted by atomic mass is 16.4. The van der Waals surface area contributed by atoms with Crippen molar-refractivity contribution in [2.45, 2.75) is 32.2 Å². The molecule has 2 aromatic heterocycles. The third kappa shape index (κ3) is 3.93. The molecule has 0 unspecified atom stereocenters. The van der Waals surface area contributed by atoms with E-state index in [1.807, 2.05) is 19.1 Å². The van der Waals surface area contributed by atoms with Crippen LogP contribution in [0.5, 0.6) is 0 Å². The number of amides is 2. The van der Waals surface area contributed by atoms with E-state index in [9.17, 15) is 9.59 Å². The summed E-state index contributed by atoms with van der Waals surface area (Å²) in [6.07, 6.45) is 4.16. The zero-order valence-corrected chi connectivity index (χ0v) is 13.9. The van der Waals surface area contributed by atoms with Crippen molar-refractivity contribution < 1.29 is 14.7 Å². The maximum atomic E-state index is 12.4. The first-order chi connectivity index (χ1) is 12.0. The van der Waals surface area contributed by atoms with Crippen molar-refractivity contribution in [1.29, 1.82) is 0 Å². The molecule has 3 rings (SSSR count). The molecular weight excluding hydrogens is 320 g/mol. The number of carbonyl (C=O) groups is 2. The zero-order chi connectivity index (χ0) is 17.8. The predicted molar refractivity (Wildman–Crippen MR) is 93.0 cm³/mol. The number of pyridine rings is 2. The molecule has 0 spiro atoms. The molecule has 7 heteroatoms. The molecule has 2 aromatic rings. The number of carbonyl (C=O) groups excluding carboxylic acids is 1. The van der Waals surface area contributed by atoms with Gasteiger partial charge in [0.25, 0.3) is 0 Å². The van der Waals surface area contributed by atoms with Gasteiger partial charge >= 0.3 is 6.09 Å². The van der Waals surface area contributed by atoms with Crippen LogP contribution in [0.15, 0.2) is 36.7 Å². The predicted octanol–water partition coefficient (Wildman–Crippen LogP) is 3.21. The number of carboxylic acid groups (broad SMARTS) is 1. The SMILES string of the molecule is C[C@@H]1CCC[C@H](NC(=O)O)c2cc(ccn2)-c2ncccc2NC1=O. The Morgan fingerprint density at radius 2 is 2.12 bits per heavy atom. The van der Waals surface area contributed by atoms with Gasteiger partial charge in [-0.25, -0.2) is 4.79 Å². The Morgan fingerprint density at radius 1 is 1.28 bits per heavy atom. The molecule has 7 nitrogen and oxygen atoms in total. The van der Waals surface area contributed by atoms with E-state index in [1.54, 1.807) is 24.5 Å². The lowest BCUT2D eigenvalue weighted by Gasteiger charge is -2.20. The summed E-state index contributed by atoms with van der Waals surface area (Å²) in [6, 6.07) is 6.79. The van der Waals surface area contributed by atoms with E-state index in [-0.39, 0.29) is 11.8 Å². The Labute approximate surface area is 145 Å². The van der Waals surface area contributed by atoms with Gasteiger partial charge in [0, 0.05) is 23.9 Å². The second kappa shape index (κ2) is 7.29. The van der Waals surface area contributed by atoms with Gasteiger partial charge in [0.15, 0.2) is 0 Å². The first kappa shape index (κ1) is 16.9. The third-order valence-electron chi connectivity index (χ3n) is 4.35. The molecule has 0 aromatic carbocycles. The third-order valence-corrected chi connectivity index (χ3v) is 4.35. The molecule has 3 N–H and O–H groups in total. The smallest absolute Gasteiger partial charge is 0.405 e. The standard InChI is InChI=1S/C18H20N4O3/c1-11-4-2-5-13(22-18(24)25)15-10-12(7-9-19-15)16-14(21-17(11)23)6-3-8-20-16/h3,6-11,13,22H,2,4-5H2,1H3,(H,21,23)(H,24,25)/t11-,13+/m1/s1. The normalized spacial score (nSPS) is 20.4. The molecule has 130 valence electrons. The van der Waals surface area contributed by atoms with Crippen molar-refractivity contribution in [3.8, 4) is 11.3 Å². The molecule has 2 atom stereocenters. The van der Waals surface area contributed by atoms with Gasteiger partial charge < -0.3 is 15.7 Å². The van der Waals surface area contributed by atoms with Crippen LogP contribution in [0.25, 0.3) is 11.3 Å². The van der Waals surface area contributed by atoms with Crippen LogP contribution in [0, 0.1) is 5.92 Å². The number of nitrogens with zero attached hydrogens (tertiary/aromatic N) is 2. The van der Waals surface area contributed by atoms with Gasteiger partial charge in [0.05, 0.1) is 23.1 Å². The molecular formula is C18H20N4O3. The topological polar surface area (TPSA) is 104 Å². The fraction of sp³-hybridized carbons (Fsp3) is 0.333. The number of rotatable bonds is 1. The number of hydrogen-bond donors (Lipinski definition) is 3. The van der Waals surface area contributed by atoms with Crippen LogP contribution >= 0.6 is 0 Å². The van der Waals surface area contributed by atoms with Gasteiger partial charge in [-0.15, -0.1) is 0 Å². The van der Waals surface area contributed by atoms with Gasteiger partial charge in [-0.1, -0.05) is 13.3 Å². The van der Waals surface area contributed by atoms with Crippen molar-refractivity contribution >= 4 is 17.7 Å². The van der Waals surface area contributed by atoms with E-state index in [1.165, 1.54) is 0 Å². The molecule has 2 amide bonds. The van der Waals surface area contributed by atoms with Gasteiger partial charge in [-0.05, 0) is 37.1 Å². The Hall–Kier alpha value is -2.96. The average molecular weight is 340 g/mol. The molecule has 0 saturated heterocycles. The van der Waals surface area contributed by atoms with Crippen molar-refractivity contribution in [2.24, 2.45) is 5.92 Å². The molecule has 25 heavy (non-hydrogen) atoms. The summed E-state index contributed by atoms with van der Waals surface area (Å²) < 4.78 is 0. The van der Waals surface area contributed by atoms with Gasteiger partial charge in [0.2, 0.25) is 5.91 Å². The highest BCUT2D eigenvalue weighted by Gasteiger charge is 2.21. The highest BCUT2D eigenvalue weighted by molar-refractivity contribution is 5.95. The van der Waals surface area contributed by atoms with E-state index in [0.717, 1.165) is 5.56 Å². The van der Waals surface area contributed by atoms with Gasteiger partial charge in [-0.2, -0.15) is 0 Å². The van der Waals surface area contributed by atoms with Gasteiger partial charge in [0.1, 0.15) is 0 Å². The first-order valence-electron chi connectivity index (χ1n) is 8.26. The van der Waals surface area contributed by atoms with Crippen molar-refractivity contribution in [2.75, 3.05) is 5.32 Å². The fourth-order valence-electron chi connectivity index (χ4n) is 2.98. The summed E-state index contributed by atoms with van der Waals surface area (Å²) in [6.45, 7) is 1.87. The Balaban J connectivity index is 2.07. The van der Waals surface area contributed by atoms with E-state index < -0.39 is 12.1 Å². The largest absolute Gasteiger partial charge is 0.465 e. The lowest BCUT2D eigenvalue weighted by atomic mass is 9.97. The lowest BCUT2D eigenvalue weighted by molar-refractivity contribution is -0.119. The van der Waals surface area contributed by atoms with Crippen molar-refractivity contribution in [1.82, 2.24) is 15.3 Å². The van der Waals surface area contributed by atoms with Crippen molar-refractivity contribution in [3.63, 3.8) is 0 Å². The van der Waals surface area contributed by atoms with Crippen LogP contribution in [-0.4, -0.2) is 27.1 Å². The minimum atomic E-state index is -1.09. The summed E-state index contributed by atoms with van der Waals surface area (Å²) in [4.78, 5) is 32.3. The van der Waals surface area contributed by atoms with E-state index in [4.69, 9.17) is 5.11 Å². The van der Waals surface area contributed by atoms with Crippen LogP contribution < -0.4 is 10.6 Å². The molecule has 0 radical (unpaired) electrons. The minimum absolute atomic E-state index is 0.0631. The lowest BCUT2D eigenvalue weighted by Crippen LogP contribution is -2.28. The van der Waals surface area contributed by atoms with Crippen LogP contribution in [-0.2, 0) is 4.79 Å². The van der Waals surface area contributed by atoms with Crippen LogP contribution in [0.1, 0.15) is 37.9 Å². The van der Waals surface area contributed by atoms with E-state index in [0.29, 0.717) is 36.3 Å². The number of nitrogens with one attached hydrogen (secondary N) is 2. The summed E-state index contributed by atoms with van der Waals surface area (Å²) >= 11 is 0. The van der Waals surface area contributed by atoms with E-state index >= 15 is 0 Å². The second-order valence-corrected chi connectivity index (χ2v) is 6.19. The Kier molecular flexibility index (Phi) is 4.92. The van der Waals surface area contributed by atoms with Crippen LogP contribution in [0.4, 0.5) is 10.5 Å².